The zero-order chi connectivity index (χ0) is 43.0. The molecule has 1 aliphatic rings. The number of nitro groups is 1. The number of ether oxygens (including phenoxy) is 2. The molecule has 0 radical (unpaired) electrons. The molecule has 1 aromatic heterocycles. The van der Waals surface area contributed by atoms with E-state index in [0.717, 1.165) is 5.56 Å². The maximum Gasteiger partial charge on any atom is 0.339 e. The summed E-state index contributed by atoms with van der Waals surface area (Å²) in [6, 6.07) is 11.5. The van der Waals surface area contributed by atoms with Gasteiger partial charge in [0, 0.05) is 30.3 Å². The first-order valence-corrected chi connectivity index (χ1v) is 24.6. The van der Waals surface area contributed by atoms with Crippen LogP contribution in [0.25, 0.3) is 0 Å². The second-order valence-electron chi connectivity index (χ2n) is 19.0. The first kappa shape index (κ1) is 46.3. The normalized spacial score (nSPS) is 18.8. The van der Waals surface area contributed by atoms with Gasteiger partial charge in [0.05, 0.1) is 35.4 Å². The van der Waals surface area contributed by atoms with Crippen LogP contribution in [0.4, 0.5) is 5.69 Å². The molecule has 11 nitrogen and oxygen atoms in total. The number of nitro benzene ring substituents is 1. The maximum atomic E-state index is 14.6. The van der Waals surface area contributed by atoms with Crippen molar-refractivity contribution < 1.29 is 31.4 Å². The molecule has 57 heavy (non-hydrogen) atoms. The summed E-state index contributed by atoms with van der Waals surface area (Å²) in [6.45, 7) is 30.4. The highest BCUT2D eigenvalue weighted by molar-refractivity contribution is 7.87. The van der Waals surface area contributed by atoms with Gasteiger partial charge in [-0.25, -0.2) is 0 Å². The lowest BCUT2D eigenvalue weighted by atomic mass is 9.84. The van der Waals surface area contributed by atoms with Gasteiger partial charge >= 0.3 is 10.1 Å². The van der Waals surface area contributed by atoms with Crippen LogP contribution in [0.15, 0.2) is 58.4 Å². The van der Waals surface area contributed by atoms with Gasteiger partial charge in [-0.05, 0) is 70.5 Å². The zero-order valence-corrected chi connectivity index (χ0v) is 38.6. The monoisotopic (exact) mass is 826 g/mol. The zero-order valence-electron chi connectivity index (χ0n) is 36.8. The van der Waals surface area contributed by atoms with Gasteiger partial charge in [-0.2, -0.15) is 8.42 Å². The molecule has 4 rings (SSSR count). The van der Waals surface area contributed by atoms with Crippen molar-refractivity contribution in [2.24, 2.45) is 5.41 Å². The van der Waals surface area contributed by atoms with Gasteiger partial charge in [-0.3, -0.25) is 19.5 Å². The Kier molecular flexibility index (Phi) is 14.2. The lowest BCUT2D eigenvalue weighted by Crippen LogP contribution is -2.45. The van der Waals surface area contributed by atoms with E-state index in [1.54, 1.807) is 24.4 Å². The quantitative estimate of drug-likeness (QED) is 0.0634. The van der Waals surface area contributed by atoms with E-state index in [1.165, 1.54) is 16.7 Å². The molecule has 0 unspecified atom stereocenters. The number of hydrogen-bond donors (Lipinski definition) is 0. The summed E-state index contributed by atoms with van der Waals surface area (Å²) < 4.78 is 56.7. The molecule has 1 fully saturated rings. The lowest BCUT2D eigenvalue weighted by molar-refractivity contribution is -0.386. The molecular formula is C44H66N2O9SSi. The predicted molar refractivity (Wildman–Crippen MR) is 228 cm³/mol. The standard InChI is InChI=1S/C44H66N2O9SSi/c1-16-36-38(55-57(14,15)44(11,12)13)24-40(53-36)45-25-31(26-52-42(43(8,9)10)32-19-17-18-20-35(32)46(48)49)37(23-39(45)47)54-56(50,51)41-33(28(4)5)21-30(27(2)3)22-34(41)29(6)7/h17-23,25,27-29,36,38,40,42H,16,24,26H2,1-15H3/t36-,38-,40-,42-/m1/s1. The predicted octanol–water partition coefficient (Wildman–Crippen LogP) is 11.3. The van der Waals surface area contributed by atoms with Gasteiger partial charge in [-0.1, -0.05) is 114 Å². The molecule has 4 atom stereocenters. The molecule has 3 aromatic rings. The van der Waals surface area contributed by atoms with Crippen LogP contribution in [0.1, 0.15) is 161 Å². The molecule has 316 valence electrons. The number of rotatable bonds is 15. The van der Waals surface area contributed by atoms with Crippen molar-refractivity contribution in [1.82, 2.24) is 4.57 Å². The van der Waals surface area contributed by atoms with E-state index in [2.05, 4.69) is 47.7 Å². The van der Waals surface area contributed by atoms with Crippen LogP contribution >= 0.6 is 0 Å². The number of pyridine rings is 1. The van der Waals surface area contributed by atoms with Crippen molar-refractivity contribution in [1.29, 1.82) is 0 Å². The average molecular weight is 827 g/mol. The minimum absolute atomic E-state index is 0.0351. The Morgan fingerprint density at radius 3 is 2.00 bits per heavy atom. The van der Waals surface area contributed by atoms with Gasteiger partial charge in [-0.15, -0.1) is 0 Å². The molecule has 0 spiro atoms. The third-order valence-corrected chi connectivity index (χ3v) is 17.3. The van der Waals surface area contributed by atoms with Crippen molar-refractivity contribution in [2.75, 3.05) is 0 Å². The molecule has 0 saturated carbocycles. The molecule has 1 aliphatic heterocycles. The Morgan fingerprint density at radius 1 is 0.930 bits per heavy atom. The summed E-state index contributed by atoms with van der Waals surface area (Å²) in [4.78, 5) is 25.9. The molecule has 13 heteroatoms. The smallest absolute Gasteiger partial charge is 0.339 e. The van der Waals surface area contributed by atoms with Gasteiger partial charge in [0.25, 0.3) is 11.2 Å². The topological polar surface area (TPSA) is 136 Å². The Labute approximate surface area is 341 Å². The van der Waals surface area contributed by atoms with Gasteiger partial charge in [0.1, 0.15) is 11.1 Å². The average Bonchev–Trinajstić information content (AvgIpc) is 3.48. The lowest BCUT2D eigenvalue weighted by Gasteiger charge is -2.39. The Hall–Kier alpha value is -3.36. The number of nitrogens with zero attached hydrogens (tertiary/aromatic N) is 2. The van der Waals surface area contributed by atoms with Gasteiger partial charge in [0.2, 0.25) is 0 Å². The van der Waals surface area contributed by atoms with Crippen LogP contribution in [-0.4, -0.2) is 38.4 Å². The van der Waals surface area contributed by atoms with Crippen LogP contribution in [0.5, 0.6) is 5.75 Å². The summed E-state index contributed by atoms with van der Waals surface area (Å²) in [5.41, 5.74) is 1.73. The Morgan fingerprint density at radius 2 is 1.51 bits per heavy atom. The maximum absolute atomic E-state index is 14.6. The SMILES string of the molecule is CC[C@H]1O[C@@H](n2cc(CO[C@H](c3ccccc3[N+](=O)[O-])C(C)(C)C)c(OS(=O)(=O)c3c(C(C)C)cc(C(C)C)cc3C(C)C)cc2=O)C[C@H]1O[Si](C)(C)C(C)(C)C. The number of benzene rings is 2. The number of hydrogen-bond acceptors (Lipinski definition) is 9. The van der Waals surface area contributed by atoms with Crippen LogP contribution in [0.3, 0.4) is 0 Å². The van der Waals surface area contributed by atoms with Crippen LogP contribution in [0.2, 0.25) is 18.1 Å². The number of para-hydroxylation sites is 1. The van der Waals surface area contributed by atoms with E-state index in [4.69, 9.17) is 18.1 Å². The molecule has 0 aliphatic carbocycles. The van der Waals surface area contributed by atoms with Crippen molar-refractivity contribution >= 4 is 24.1 Å². The fraction of sp³-hybridized carbons (Fsp3) is 0.614. The summed E-state index contributed by atoms with van der Waals surface area (Å²) in [5, 5.41) is 12.1. The van der Waals surface area contributed by atoms with Gasteiger partial charge < -0.3 is 18.1 Å². The van der Waals surface area contributed by atoms with Crippen LogP contribution < -0.4 is 9.74 Å². The van der Waals surface area contributed by atoms with Gasteiger partial charge in [0.15, 0.2) is 14.1 Å². The Balaban J connectivity index is 1.88. The first-order valence-electron chi connectivity index (χ1n) is 20.3. The number of aromatic nitrogens is 1. The van der Waals surface area contributed by atoms with Crippen molar-refractivity contribution in [3.63, 3.8) is 0 Å². The van der Waals surface area contributed by atoms with E-state index in [-0.39, 0.29) is 63.5 Å². The molecule has 0 amide bonds. The first-order chi connectivity index (χ1) is 26.2. The summed E-state index contributed by atoms with van der Waals surface area (Å²) >= 11 is 0. The molecule has 2 heterocycles. The second kappa shape index (κ2) is 17.5. The van der Waals surface area contributed by atoms with Crippen LogP contribution in [-0.2, 0) is 30.6 Å². The van der Waals surface area contributed by atoms with E-state index in [0.29, 0.717) is 29.5 Å². The molecule has 0 bridgehead atoms. The van der Waals surface area contributed by atoms with Crippen molar-refractivity contribution in [3.8, 4) is 5.75 Å². The highest BCUT2D eigenvalue weighted by atomic mass is 32.2. The van der Waals surface area contributed by atoms with E-state index >= 15 is 0 Å². The molecule has 0 N–H and O–H groups in total. The minimum atomic E-state index is -4.51. The highest BCUT2D eigenvalue weighted by Crippen LogP contribution is 2.44. The minimum Gasteiger partial charge on any atom is -0.411 e. The van der Waals surface area contributed by atoms with E-state index in [9.17, 15) is 23.3 Å². The highest BCUT2D eigenvalue weighted by Gasteiger charge is 2.45. The van der Waals surface area contributed by atoms with E-state index < -0.39 is 46.7 Å². The molecule has 1 saturated heterocycles. The third kappa shape index (κ3) is 10.5. The fourth-order valence-corrected chi connectivity index (χ4v) is 10.1. The summed E-state index contributed by atoms with van der Waals surface area (Å²) in [5.74, 6) is -0.302. The molecule has 2 aromatic carbocycles. The van der Waals surface area contributed by atoms with Crippen LogP contribution in [0, 0.1) is 15.5 Å². The summed E-state index contributed by atoms with van der Waals surface area (Å²) in [7, 11) is -6.71. The third-order valence-electron chi connectivity index (χ3n) is 11.4. The van der Waals surface area contributed by atoms with Crippen molar-refractivity contribution in [2.45, 2.75) is 175 Å². The fourth-order valence-electron chi connectivity index (χ4n) is 7.09. The van der Waals surface area contributed by atoms with Crippen molar-refractivity contribution in [3.05, 3.63) is 96.9 Å². The summed E-state index contributed by atoms with van der Waals surface area (Å²) in [6.07, 6.45) is 0.657. The second-order valence-corrected chi connectivity index (χ2v) is 25.2. The van der Waals surface area contributed by atoms with E-state index in [1.807, 2.05) is 67.5 Å². The molecular weight excluding hydrogens is 761 g/mol. The largest absolute Gasteiger partial charge is 0.411 e. The Bertz CT molecular complexity index is 2050.